The zero-order chi connectivity index (χ0) is 6.97. The zero-order valence-electron chi connectivity index (χ0n) is 6.13. The maximum absolute atomic E-state index is 5.52. The minimum Gasteiger partial charge on any atom is -0.474 e. The Kier molecular flexibility index (Phi) is 1.38. The highest BCUT2D eigenvalue weighted by atomic mass is 16.5. The fraction of sp³-hybridized carbons (Fsp3) is 0.857. The van der Waals surface area contributed by atoms with Crippen molar-refractivity contribution in [2.45, 2.75) is 25.5 Å². The van der Waals surface area contributed by atoms with E-state index in [2.05, 4.69) is 17.2 Å². The summed E-state index contributed by atoms with van der Waals surface area (Å²) >= 11 is 0. The Balaban J connectivity index is 2.06. The van der Waals surface area contributed by atoms with Crippen LogP contribution in [0.2, 0.25) is 0 Å². The molecule has 3 nitrogen and oxygen atoms in total. The number of fused-ring (bicyclic) bond motifs is 1. The first-order valence-corrected chi connectivity index (χ1v) is 3.84. The summed E-state index contributed by atoms with van der Waals surface area (Å²) in [6.45, 7) is 4.04. The van der Waals surface area contributed by atoms with Crippen LogP contribution in [0, 0.1) is 0 Å². The molecule has 2 rings (SSSR count). The van der Waals surface area contributed by atoms with Crippen molar-refractivity contribution in [2.24, 2.45) is 4.99 Å². The number of rotatable bonds is 1. The smallest absolute Gasteiger partial charge is 0.183 e. The third-order valence-corrected chi connectivity index (χ3v) is 2.03. The van der Waals surface area contributed by atoms with E-state index in [0.29, 0.717) is 12.1 Å². The predicted molar refractivity (Wildman–Crippen MR) is 39.3 cm³/mol. The van der Waals surface area contributed by atoms with Crippen molar-refractivity contribution in [3.8, 4) is 0 Å². The molecule has 0 saturated carbocycles. The molecule has 0 bridgehead atoms. The van der Waals surface area contributed by atoms with E-state index < -0.39 is 0 Å². The first-order chi connectivity index (χ1) is 4.90. The number of aliphatic imine (C=N–C) groups is 1. The van der Waals surface area contributed by atoms with Crippen LogP contribution in [0.25, 0.3) is 0 Å². The molecule has 2 unspecified atom stereocenters. The van der Waals surface area contributed by atoms with E-state index in [1.807, 2.05) is 0 Å². The zero-order valence-corrected chi connectivity index (χ0v) is 6.13. The maximum atomic E-state index is 5.52. The van der Waals surface area contributed by atoms with E-state index in [-0.39, 0.29) is 0 Å². The van der Waals surface area contributed by atoms with Gasteiger partial charge in [-0.25, -0.2) is 4.99 Å². The van der Waals surface area contributed by atoms with Gasteiger partial charge in [-0.2, -0.15) is 0 Å². The minimum absolute atomic E-state index is 0.343. The summed E-state index contributed by atoms with van der Waals surface area (Å²) in [5, 5.41) is 3.24. The molecule has 0 aromatic rings. The van der Waals surface area contributed by atoms with Gasteiger partial charge in [0.15, 0.2) is 5.90 Å². The highest BCUT2D eigenvalue weighted by Crippen LogP contribution is 2.17. The van der Waals surface area contributed by atoms with E-state index in [0.717, 1.165) is 25.4 Å². The second-order valence-electron chi connectivity index (χ2n) is 2.76. The van der Waals surface area contributed by atoms with E-state index in [4.69, 9.17) is 4.74 Å². The minimum atomic E-state index is 0.343. The summed E-state index contributed by atoms with van der Waals surface area (Å²) < 4.78 is 5.52. The van der Waals surface area contributed by atoms with Crippen molar-refractivity contribution in [1.82, 2.24) is 5.32 Å². The van der Waals surface area contributed by atoms with Gasteiger partial charge in [-0.3, -0.25) is 0 Å². The number of ether oxygens (including phenoxy) is 1. The van der Waals surface area contributed by atoms with Crippen LogP contribution in [0.3, 0.4) is 0 Å². The van der Waals surface area contributed by atoms with Gasteiger partial charge >= 0.3 is 0 Å². The van der Waals surface area contributed by atoms with Crippen molar-refractivity contribution < 1.29 is 4.74 Å². The second kappa shape index (κ2) is 2.23. The van der Waals surface area contributed by atoms with Gasteiger partial charge in [0.1, 0.15) is 12.1 Å². The van der Waals surface area contributed by atoms with Gasteiger partial charge in [0.2, 0.25) is 0 Å². The Labute approximate surface area is 60.5 Å². The topological polar surface area (TPSA) is 33.6 Å². The van der Waals surface area contributed by atoms with Crippen molar-refractivity contribution in [2.75, 3.05) is 13.1 Å². The quantitative estimate of drug-likeness (QED) is 0.563. The van der Waals surface area contributed by atoms with Gasteiger partial charge in [-0.15, -0.1) is 0 Å². The number of hydrogen-bond acceptors (Lipinski definition) is 3. The van der Waals surface area contributed by atoms with Crippen molar-refractivity contribution in [1.29, 1.82) is 0 Å². The molecule has 0 spiro atoms. The second-order valence-corrected chi connectivity index (χ2v) is 2.76. The molecule has 2 aliphatic rings. The number of nitrogens with one attached hydrogen (secondary N) is 1. The monoisotopic (exact) mass is 140 g/mol. The Hall–Kier alpha value is -0.570. The molecular formula is C7H12N2O. The fourth-order valence-electron chi connectivity index (χ4n) is 1.45. The van der Waals surface area contributed by atoms with Crippen LogP contribution < -0.4 is 5.32 Å². The van der Waals surface area contributed by atoms with Crippen molar-refractivity contribution >= 4 is 5.90 Å². The fourth-order valence-corrected chi connectivity index (χ4v) is 1.45. The predicted octanol–water partition coefficient (Wildman–Crippen LogP) is 0.166. The number of nitrogens with zero attached hydrogens (tertiary/aromatic N) is 1. The van der Waals surface area contributed by atoms with Gasteiger partial charge in [0.25, 0.3) is 0 Å². The van der Waals surface area contributed by atoms with E-state index in [1.54, 1.807) is 0 Å². The lowest BCUT2D eigenvalue weighted by atomic mass is 10.2. The van der Waals surface area contributed by atoms with Gasteiger partial charge < -0.3 is 10.1 Å². The molecule has 1 saturated heterocycles. The van der Waals surface area contributed by atoms with Crippen LogP contribution in [-0.4, -0.2) is 31.1 Å². The first-order valence-electron chi connectivity index (χ1n) is 3.84. The normalized spacial score (nSPS) is 37.1. The van der Waals surface area contributed by atoms with Gasteiger partial charge in [-0.05, 0) is 0 Å². The average Bonchev–Trinajstić information content (AvgIpc) is 2.42. The van der Waals surface area contributed by atoms with Gasteiger partial charge in [0.05, 0.1) is 0 Å². The van der Waals surface area contributed by atoms with Crippen LogP contribution >= 0.6 is 0 Å². The molecule has 1 N–H and O–H groups in total. The molecule has 3 heteroatoms. The Morgan fingerprint density at radius 1 is 1.70 bits per heavy atom. The number of hydrogen-bond donors (Lipinski definition) is 1. The van der Waals surface area contributed by atoms with E-state index >= 15 is 0 Å². The molecule has 2 aliphatic heterocycles. The Morgan fingerprint density at radius 3 is 3.30 bits per heavy atom. The highest BCUT2D eigenvalue weighted by Gasteiger charge is 2.33. The maximum Gasteiger partial charge on any atom is 0.183 e. The third-order valence-electron chi connectivity index (χ3n) is 2.03. The first kappa shape index (κ1) is 6.16. The molecule has 0 aromatic heterocycles. The molecule has 10 heavy (non-hydrogen) atoms. The van der Waals surface area contributed by atoms with Crippen LogP contribution in [0.1, 0.15) is 13.3 Å². The van der Waals surface area contributed by atoms with E-state index in [9.17, 15) is 0 Å². The average molecular weight is 140 g/mol. The van der Waals surface area contributed by atoms with Crippen LogP contribution in [-0.2, 0) is 4.74 Å². The molecular weight excluding hydrogens is 128 g/mol. The van der Waals surface area contributed by atoms with Crippen molar-refractivity contribution in [3.63, 3.8) is 0 Å². The van der Waals surface area contributed by atoms with Gasteiger partial charge in [-0.1, -0.05) is 6.92 Å². The molecule has 1 fully saturated rings. The molecule has 0 aromatic carbocycles. The van der Waals surface area contributed by atoms with Crippen LogP contribution in [0.15, 0.2) is 4.99 Å². The SMILES string of the molecule is CCC1=NC2CNCC2O1. The molecule has 0 radical (unpaired) electrons. The van der Waals surface area contributed by atoms with Gasteiger partial charge in [0, 0.05) is 19.5 Å². The largest absolute Gasteiger partial charge is 0.474 e. The lowest BCUT2D eigenvalue weighted by Crippen LogP contribution is -2.20. The summed E-state index contributed by atoms with van der Waals surface area (Å²) in [7, 11) is 0. The molecule has 0 aliphatic carbocycles. The molecule has 56 valence electrons. The summed E-state index contributed by atoms with van der Waals surface area (Å²) in [4.78, 5) is 4.40. The highest BCUT2D eigenvalue weighted by molar-refractivity contribution is 5.77. The summed E-state index contributed by atoms with van der Waals surface area (Å²) in [6, 6.07) is 0.412. The van der Waals surface area contributed by atoms with Crippen LogP contribution in [0.4, 0.5) is 0 Å². The Morgan fingerprint density at radius 2 is 2.60 bits per heavy atom. The lowest BCUT2D eigenvalue weighted by molar-refractivity contribution is 0.220. The molecule has 0 amide bonds. The van der Waals surface area contributed by atoms with Crippen molar-refractivity contribution in [3.05, 3.63) is 0 Å². The van der Waals surface area contributed by atoms with E-state index in [1.165, 1.54) is 0 Å². The molecule has 2 heterocycles. The summed E-state index contributed by atoms with van der Waals surface area (Å²) in [5.74, 6) is 0.941. The standard InChI is InChI=1S/C7H12N2O/c1-2-7-9-5-3-8-4-6(5)10-7/h5-6,8H,2-4H2,1H3. The lowest BCUT2D eigenvalue weighted by Gasteiger charge is -2.05. The summed E-state index contributed by atoms with van der Waals surface area (Å²) in [6.07, 6.45) is 1.28. The third kappa shape index (κ3) is 0.814. The molecule has 2 atom stereocenters. The Bertz CT molecular complexity index is 167. The van der Waals surface area contributed by atoms with Crippen LogP contribution in [0.5, 0.6) is 0 Å². The summed E-state index contributed by atoms with van der Waals surface area (Å²) in [5.41, 5.74) is 0.